The smallest absolute Gasteiger partial charge is 0.269 e. The molecule has 21 heavy (non-hydrogen) atoms. The average Bonchev–Trinajstić information content (AvgIpc) is 2.53. The third kappa shape index (κ3) is 4.23. The van der Waals surface area contributed by atoms with Crippen molar-refractivity contribution in [1.82, 2.24) is 5.32 Å². The number of benzene rings is 1. The lowest BCUT2D eigenvalue weighted by Crippen LogP contribution is -2.45. The number of nitro groups is 1. The highest BCUT2D eigenvalue weighted by Gasteiger charge is 2.24. The largest absolute Gasteiger partial charge is 0.395 e. The Kier molecular flexibility index (Phi) is 5.67. The lowest BCUT2D eigenvalue weighted by atomic mass is 9.93. The summed E-state index contributed by atoms with van der Waals surface area (Å²) in [5.74, 6) is 0. The summed E-state index contributed by atoms with van der Waals surface area (Å²) < 4.78 is 0. The van der Waals surface area contributed by atoms with Crippen molar-refractivity contribution < 1.29 is 15.1 Å². The number of nitrogens with zero attached hydrogens (tertiary/aromatic N) is 1. The molecule has 0 bridgehead atoms. The fourth-order valence-corrected chi connectivity index (χ4v) is 2.84. The van der Waals surface area contributed by atoms with Crippen LogP contribution in [0, 0.1) is 10.1 Å². The lowest BCUT2D eigenvalue weighted by molar-refractivity contribution is -0.384. The number of nitro benzene ring substituents is 1. The zero-order chi connectivity index (χ0) is 15.2. The quantitative estimate of drug-likeness (QED) is 0.550. The summed E-state index contributed by atoms with van der Waals surface area (Å²) in [6.07, 6.45) is 4.82. The molecule has 0 aromatic heterocycles. The molecule has 2 unspecified atom stereocenters. The number of hydrogen-bond acceptors (Lipinski definition) is 5. The Bertz CT molecular complexity index is 457. The van der Waals surface area contributed by atoms with Crippen LogP contribution < -0.4 is 5.32 Å². The second-order valence-electron chi connectivity index (χ2n) is 5.58. The van der Waals surface area contributed by atoms with Crippen LogP contribution >= 0.6 is 0 Å². The highest BCUT2D eigenvalue weighted by Crippen LogP contribution is 2.23. The molecule has 116 valence electrons. The van der Waals surface area contributed by atoms with Crippen molar-refractivity contribution in [2.75, 3.05) is 6.61 Å². The standard InChI is InChI=1S/C15H22N2O4/c18-10-14(16-12-4-2-1-3-5-12)15(19)11-6-8-13(9-7-11)17(20)21/h6-9,12,14-16,18-19H,1-5,10H2. The van der Waals surface area contributed by atoms with Crippen molar-refractivity contribution in [3.8, 4) is 0 Å². The first kappa shape index (κ1) is 15.9. The van der Waals surface area contributed by atoms with Crippen molar-refractivity contribution in [2.45, 2.75) is 50.3 Å². The second-order valence-corrected chi connectivity index (χ2v) is 5.58. The number of nitrogens with one attached hydrogen (secondary N) is 1. The van der Waals surface area contributed by atoms with Gasteiger partial charge in [-0.1, -0.05) is 19.3 Å². The van der Waals surface area contributed by atoms with E-state index in [9.17, 15) is 20.3 Å². The highest BCUT2D eigenvalue weighted by atomic mass is 16.6. The van der Waals surface area contributed by atoms with Gasteiger partial charge in [-0.2, -0.15) is 0 Å². The maximum absolute atomic E-state index is 10.6. The van der Waals surface area contributed by atoms with Gasteiger partial charge in [-0.25, -0.2) is 0 Å². The molecule has 0 amide bonds. The minimum Gasteiger partial charge on any atom is -0.395 e. The molecule has 2 rings (SSSR count). The van der Waals surface area contributed by atoms with Crippen LogP contribution in [0.5, 0.6) is 0 Å². The number of hydrogen-bond donors (Lipinski definition) is 3. The molecular weight excluding hydrogens is 272 g/mol. The van der Waals surface area contributed by atoms with Crippen LogP contribution in [0.25, 0.3) is 0 Å². The molecule has 1 aromatic carbocycles. The van der Waals surface area contributed by atoms with Gasteiger partial charge >= 0.3 is 0 Å². The maximum atomic E-state index is 10.6. The van der Waals surface area contributed by atoms with Crippen LogP contribution in [0.15, 0.2) is 24.3 Å². The van der Waals surface area contributed by atoms with E-state index >= 15 is 0 Å². The Morgan fingerprint density at radius 2 is 1.86 bits per heavy atom. The minimum absolute atomic E-state index is 0.00765. The van der Waals surface area contributed by atoms with E-state index in [1.54, 1.807) is 0 Å². The Labute approximate surface area is 124 Å². The Hall–Kier alpha value is -1.50. The molecule has 0 heterocycles. The van der Waals surface area contributed by atoms with Crippen LogP contribution in [-0.4, -0.2) is 33.8 Å². The van der Waals surface area contributed by atoms with Gasteiger partial charge < -0.3 is 15.5 Å². The number of aliphatic hydroxyl groups excluding tert-OH is 2. The third-order valence-electron chi connectivity index (χ3n) is 4.08. The molecule has 1 aromatic rings. The first-order valence-electron chi connectivity index (χ1n) is 7.41. The summed E-state index contributed by atoms with van der Waals surface area (Å²) in [6, 6.07) is 5.68. The molecule has 0 saturated heterocycles. The van der Waals surface area contributed by atoms with Gasteiger partial charge in [-0.3, -0.25) is 10.1 Å². The first-order valence-corrected chi connectivity index (χ1v) is 7.41. The van der Waals surface area contributed by atoms with Gasteiger partial charge in [-0.15, -0.1) is 0 Å². The molecule has 0 radical (unpaired) electrons. The molecule has 1 aliphatic rings. The van der Waals surface area contributed by atoms with Crippen LogP contribution in [0.3, 0.4) is 0 Å². The molecule has 1 aliphatic carbocycles. The van der Waals surface area contributed by atoms with Crippen molar-refractivity contribution >= 4 is 5.69 Å². The van der Waals surface area contributed by atoms with Crippen molar-refractivity contribution in [3.63, 3.8) is 0 Å². The Morgan fingerprint density at radius 3 is 2.38 bits per heavy atom. The molecule has 0 aliphatic heterocycles. The number of rotatable bonds is 6. The zero-order valence-electron chi connectivity index (χ0n) is 11.9. The molecular formula is C15H22N2O4. The van der Waals surface area contributed by atoms with E-state index in [4.69, 9.17) is 0 Å². The van der Waals surface area contributed by atoms with Crippen LogP contribution in [0.1, 0.15) is 43.8 Å². The highest BCUT2D eigenvalue weighted by molar-refractivity contribution is 5.34. The molecule has 0 spiro atoms. The second kappa shape index (κ2) is 7.49. The fraction of sp³-hybridized carbons (Fsp3) is 0.600. The summed E-state index contributed by atoms with van der Waals surface area (Å²) in [7, 11) is 0. The normalized spacial score (nSPS) is 19.1. The van der Waals surface area contributed by atoms with E-state index < -0.39 is 17.1 Å². The summed E-state index contributed by atoms with van der Waals surface area (Å²) in [5.41, 5.74) is 0.565. The van der Waals surface area contributed by atoms with E-state index in [1.807, 2.05) is 0 Å². The van der Waals surface area contributed by atoms with E-state index in [0.29, 0.717) is 11.6 Å². The van der Waals surface area contributed by atoms with Gasteiger partial charge in [0.1, 0.15) is 0 Å². The summed E-state index contributed by atoms with van der Waals surface area (Å²) >= 11 is 0. The van der Waals surface area contributed by atoms with E-state index in [-0.39, 0.29) is 12.3 Å². The van der Waals surface area contributed by atoms with Crippen molar-refractivity contribution in [2.24, 2.45) is 0 Å². The van der Waals surface area contributed by atoms with Gasteiger partial charge in [0.05, 0.1) is 23.7 Å². The average molecular weight is 294 g/mol. The van der Waals surface area contributed by atoms with Crippen LogP contribution in [0.2, 0.25) is 0 Å². The molecule has 1 fully saturated rings. The summed E-state index contributed by atoms with van der Waals surface area (Å²) in [6.45, 7) is -0.172. The zero-order valence-corrected chi connectivity index (χ0v) is 11.9. The van der Waals surface area contributed by atoms with Crippen molar-refractivity contribution in [1.29, 1.82) is 0 Å². The van der Waals surface area contributed by atoms with Gasteiger partial charge in [0.25, 0.3) is 5.69 Å². The fourth-order valence-electron chi connectivity index (χ4n) is 2.84. The van der Waals surface area contributed by atoms with E-state index in [2.05, 4.69) is 5.32 Å². The third-order valence-corrected chi connectivity index (χ3v) is 4.08. The summed E-state index contributed by atoms with van der Waals surface area (Å²) in [5, 5.41) is 33.8. The topological polar surface area (TPSA) is 95.6 Å². The minimum atomic E-state index is -0.877. The van der Waals surface area contributed by atoms with Crippen LogP contribution in [0.4, 0.5) is 5.69 Å². The van der Waals surface area contributed by atoms with Crippen LogP contribution in [-0.2, 0) is 0 Å². The molecule has 2 atom stereocenters. The van der Waals surface area contributed by atoms with Gasteiger partial charge in [0.2, 0.25) is 0 Å². The molecule has 1 saturated carbocycles. The monoisotopic (exact) mass is 294 g/mol. The van der Waals surface area contributed by atoms with Gasteiger partial charge in [-0.05, 0) is 30.5 Å². The van der Waals surface area contributed by atoms with Crippen molar-refractivity contribution in [3.05, 3.63) is 39.9 Å². The SMILES string of the molecule is O=[N+]([O-])c1ccc(C(O)C(CO)NC2CCCCC2)cc1. The number of non-ortho nitro benzene ring substituents is 1. The van der Waals surface area contributed by atoms with E-state index in [1.165, 1.54) is 43.5 Å². The predicted molar refractivity (Wildman–Crippen MR) is 78.9 cm³/mol. The lowest BCUT2D eigenvalue weighted by Gasteiger charge is -2.30. The maximum Gasteiger partial charge on any atom is 0.269 e. The Morgan fingerprint density at radius 1 is 1.24 bits per heavy atom. The number of aliphatic hydroxyl groups is 2. The van der Waals surface area contributed by atoms with Gasteiger partial charge in [0, 0.05) is 18.2 Å². The van der Waals surface area contributed by atoms with E-state index in [0.717, 1.165) is 12.8 Å². The predicted octanol–water partition coefficient (Wildman–Crippen LogP) is 1.91. The molecule has 6 nitrogen and oxygen atoms in total. The first-order chi connectivity index (χ1) is 10.1. The summed E-state index contributed by atoms with van der Waals surface area (Å²) in [4.78, 5) is 10.2. The Balaban J connectivity index is 2.00. The molecule has 3 N–H and O–H groups in total. The molecule has 6 heteroatoms. The van der Waals surface area contributed by atoms with Gasteiger partial charge in [0.15, 0.2) is 0 Å².